The predicted molar refractivity (Wildman–Crippen MR) is 152 cm³/mol. The van der Waals surface area contributed by atoms with Crippen LogP contribution >= 0.6 is 11.6 Å². The molecule has 1 amide bonds. The smallest absolute Gasteiger partial charge is 0.268 e. The maximum absolute atomic E-state index is 14.0. The first kappa shape index (κ1) is 28.4. The number of carbonyl (C=O) groups is 1. The molecule has 3 aromatic carbocycles. The highest BCUT2D eigenvalue weighted by Gasteiger charge is 2.33. The number of methoxy groups -OCH3 is 3. The fraction of sp³-hybridized carbons (Fsp3) is 0.321. The summed E-state index contributed by atoms with van der Waals surface area (Å²) in [5.41, 5.74) is 1.93. The van der Waals surface area contributed by atoms with Crippen molar-refractivity contribution in [3.63, 3.8) is 0 Å². The van der Waals surface area contributed by atoms with Gasteiger partial charge in [-0.2, -0.15) is 0 Å². The van der Waals surface area contributed by atoms with Crippen molar-refractivity contribution in [3.8, 4) is 17.2 Å². The Morgan fingerprint density at radius 1 is 0.872 bits per heavy atom. The van der Waals surface area contributed by atoms with Gasteiger partial charge in [0.25, 0.3) is 10.0 Å². The minimum Gasteiger partial charge on any atom is -0.495 e. The lowest BCUT2D eigenvalue weighted by Crippen LogP contribution is -2.52. The van der Waals surface area contributed by atoms with Crippen molar-refractivity contribution in [1.82, 2.24) is 4.90 Å². The summed E-state index contributed by atoms with van der Waals surface area (Å²) in [6, 6.07) is 17.2. The number of hydrogen-bond donors (Lipinski definition) is 0. The molecule has 4 rings (SSSR count). The monoisotopic (exact) mass is 573 g/mol. The molecule has 1 fully saturated rings. The Kier molecular flexibility index (Phi) is 8.76. The third-order valence-corrected chi connectivity index (χ3v) is 8.74. The van der Waals surface area contributed by atoms with Crippen LogP contribution in [0, 0.1) is 6.92 Å². The van der Waals surface area contributed by atoms with E-state index < -0.39 is 16.6 Å². The second-order valence-corrected chi connectivity index (χ2v) is 11.3. The summed E-state index contributed by atoms with van der Waals surface area (Å²) in [4.78, 5) is 17.3. The Morgan fingerprint density at radius 2 is 1.51 bits per heavy atom. The molecular formula is C28H32ClN3O6S. The van der Waals surface area contributed by atoms with Crippen molar-refractivity contribution in [1.29, 1.82) is 0 Å². The second kappa shape index (κ2) is 12.0. The predicted octanol–water partition coefficient (Wildman–Crippen LogP) is 4.22. The molecule has 1 aliphatic rings. The van der Waals surface area contributed by atoms with E-state index in [1.807, 2.05) is 24.3 Å². The Hall–Kier alpha value is -3.63. The minimum atomic E-state index is -4.22. The van der Waals surface area contributed by atoms with Gasteiger partial charge in [0, 0.05) is 26.2 Å². The minimum absolute atomic E-state index is 0.0364. The summed E-state index contributed by atoms with van der Waals surface area (Å²) >= 11 is 6.36. The summed E-state index contributed by atoms with van der Waals surface area (Å²) in [6.45, 7) is 3.41. The topological polar surface area (TPSA) is 88.6 Å². The van der Waals surface area contributed by atoms with Crippen LogP contribution in [-0.2, 0) is 14.8 Å². The fourth-order valence-corrected chi connectivity index (χ4v) is 6.44. The number of hydrogen-bond acceptors (Lipinski definition) is 7. The van der Waals surface area contributed by atoms with Crippen LogP contribution in [-0.4, -0.2) is 73.3 Å². The quantitative estimate of drug-likeness (QED) is 0.379. The molecule has 0 saturated carbocycles. The zero-order valence-electron chi connectivity index (χ0n) is 22.4. The number of halogens is 1. The Balaban J connectivity index is 1.62. The molecular weight excluding hydrogens is 542 g/mol. The van der Waals surface area contributed by atoms with Crippen LogP contribution in [0.2, 0.25) is 5.02 Å². The van der Waals surface area contributed by atoms with E-state index in [0.717, 1.165) is 21.3 Å². The van der Waals surface area contributed by atoms with Gasteiger partial charge in [-0.1, -0.05) is 29.8 Å². The van der Waals surface area contributed by atoms with Gasteiger partial charge in [-0.15, -0.1) is 0 Å². The lowest BCUT2D eigenvalue weighted by molar-refractivity contribution is -0.129. The number of carbonyl (C=O) groups excluding carboxylic acids is 1. The standard InChI is InChI=1S/C28H32ClN3O6S/c1-20-9-11-26(38-4)27(17-20)39(34,35)32(21-10-12-24(36-2)22(29)18-21)19-28(33)31-15-13-30(14-16-31)23-7-5-6-8-25(23)37-3/h5-12,17-18H,13-16,19H2,1-4H3. The first-order valence-electron chi connectivity index (χ1n) is 12.4. The average molecular weight is 574 g/mol. The van der Waals surface area contributed by atoms with E-state index in [0.29, 0.717) is 31.9 Å². The summed E-state index contributed by atoms with van der Waals surface area (Å²) in [7, 11) is 0.290. The van der Waals surface area contributed by atoms with Crippen LogP contribution in [0.3, 0.4) is 0 Å². The zero-order valence-corrected chi connectivity index (χ0v) is 24.0. The molecule has 11 heteroatoms. The van der Waals surface area contributed by atoms with Gasteiger partial charge in [-0.3, -0.25) is 9.10 Å². The number of benzene rings is 3. The summed E-state index contributed by atoms with van der Waals surface area (Å²) in [6.07, 6.45) is 0. The number of ether oxygens (including phenoxy) is 3. The highest BCUT2D eigenvalue weighted by atomic mass is 35.5. The molecule has 9 nitrogen and oxygen atoms in total. The van der Waals surface area contributed by atoms with Crippen molar-refractivity contribution in [2.24, 2.45) is 0 Å². The summed E-state index contributed by atoms with van der Waals surface area (Å²) in [5.74, 6) is 1.02. The molecule has 0 spiro atoms. The number of rotatable bonds is 9. The molecule has 0 aromatic heterocycles. The molecule has 0 radical (unpaired) electrons. The van der Waals surface area contributed by atoms with Crippen LogP contribution < -0.4 is 23.4 Å². The fourth-order valence-electron chi connectivity index (χ4n) is 4.54. The van der Waals surface area contributed by atoms with Crippen LogP contribution in [0.4, 0.5) is 11.4 Å². The number of piperazine rings is 1. The van der Waals surface area contributed by atoms with Gasteiger partial charge in [-0.25, -0.2) is 8.42 Å². The van der Waals surface area contributed by atoms with E-state index in [1.54, 1.807) is 43.2 Å². The molecule has 0 N–H and O–H groups in total. The van der Waals surface area contributed by atoms with Gasteiger partial charge in [0.05, 0.1) is 37.7 Å². The zero-order chi connectivity index (χ0) is 28.2. The first-order valence-corrected chi connectivity index (χ1v) is 14.2. The van der Waals surface area contributed by atoms with Crippen molar-refractivity contribution >= 4 is 38.9 Å². The van der Waals surface area contributed by atoms with E-state index in [1.165, 1.54) is 26.4 Å². The molecule has 1 heterocycles. The second-order valence-electron chi connectivity index (χ2n) is 9.02. The molecule has 0 bridgehead atoms. The average Bonchev–Trinajstić information content (AvgIpc) is 2.95. The third kappa shape index (κ3) is 6.02. The molecule has 1 aliphatic heterocycles. The SMILES string of the molecule is COc1ccc(N(CC(=O)N2CCN(c3ccccc3OC)CC2)S(=O)(=O)c2cc(C)ccc2OC)cc1Cl. The maximum Gasteiger partial charge on any atom is 0.268 e. The lowest BCUT2D eigenvalue weighted by Gasteiger charge is -2.37. The van der Waals surface area contributed by atoms with Crippen molar-refractivity contribution < 1.29 is 27.4 Å². The molecule has 0 atom stereocenters. The number of anilines is 2. The number of sulfonamides is 1. The van der Waals surface area contributed by atoms with Crippen LogP contribution in [0.15, 0.2) is 65.6 Å². The number of nitrogens with zero attached hydrogens (tertiary/aromatic N) is 3. The molecule has 3 aromatic rings. The van der Waals surface area contributed by atoms with Gasteiger partial charge < -0.3 is 24.0 Å². The molecule has 208 valence electrons. The Labute approximate surface area is 234 Å². The van der Waals surface area contributed by atoms with Crippen LogP contribution in [0.1, 0.15) is 5.56 Å². The third-order valence-electron chi connectivity index (χ3n) is 6.65. The lowest BCUT2D eigenvalue weighted by atomic mass is 10.2. The van der Waals surface area contributed by atoms with E-state index in [2.05, 4.69) is 4.90 Å². The molecule has 39 heavy (non-hydrogen) atoms. The van der Waals surface area contributed by atoms with Crippen molar-refractivity contribution in [2.75, 3.05) is 63.3 Å². The normalized spacial score (nSPS) is 13.7. The molecule has 0 aliphatic carbocycles. The van der Waals surface area contributed by atoms with Gasteiger partial charge >= 0.3 is 0 Å². The highest BCUT2D eigenvalue weighted by molar-refractivity contribution is 7.93. The molecule has 1 saturated heterocycles. The van der Waals surface area contributed by atoms with E-state index in [4.69, 9.17) is 25.8 Å². The molecule has 0 unspecified atom stereocenters. The first-order chi connectivity index (χ1) is 18.7. The number of amides is 1. The van der Waals surface area contributed by atoms with Gasteiger partial charge in [0.2, 0.25) is 5.91 Å². The highest BCUT2D eigenvalue weighted by Crippen LogP contribution is 2.35. The van der Waals surface area contributed by atoms with Crippen molar-refractivity contribution in [2.45, 2.75) is 11.8 Å². The van der Waals surface area contributed by atoms with Crippen LogP contribution in [0.25, 0.3) is 0 Å². The largest absolute Gasteiger partial charge is 0.495 e. The van der Waals surface area contributed by atoms with E-state index in [9.17, 15) is 13.2 Å². The maximum atomic E-state index is 14.0. The van der Waals surface area contributed by atoms with Gasteiger partial charge in [0.15, 0.2) is 0 Å². The van der Waals surface area contributed by atoms with E-state index >= 15 is 0 Å². The van der Waals surface area contributed by atoms with Gasteiger partial charge in [-0.05, 0) is 55.0 Å². The summed E-state index contributed by atoms with van der Waals surface area (Å²) in [5, 5.41) is 0.226. The Bertz CT molecular complexity index is 1440. The summed E-state index contributed by atoms with van der Waals surface area (Å²) < 4.78 is 45.2. The number of aryl methyl sites for hydroxylation is 1. The number of para-hydroxylation sites is 2. The van der Waals surface area contributed by atoms with Crippen LogP contribution in [0.5, 0.6) is 17.2 Å². The van der Waals surface area contributed by atoms with Gasteiger partial charge in [0.1, 0.15) is 28.7 Å². The van der Waals surface area contributed by atoms with E-state index in [-0.39, 0.29) is 27.3 Å². The Morgan fingerprint density at radius 3 is 2.15 bits per heavy atom. The van der Waals surface area contributed by atoms with Crippen molar-refractivity contribution in [3.05, 3.63) is 71.2 Å².